The van der Waals surface area contributed by atoms with Gasteiger partial charge in [-0.1, -0.05) is 0 Å². The van der Waals surface area contributed by atoms with Gasteiger partial charge in [0, 0.05) is 19.0 Å². The van der Waals surface area contributed by atoms with Crippen LogP contribution in [0.1, 0.15) is 12.5 Å². The molecule has 3 heterocycles. The Labute approximate surface area is 76.5 Å². The summed E-state index contributed by atoms with van der Waals surface area (Å²) in [6.45, 7) is 3.22. The Morgan fingerprint density at radius 3 is 3.46 bits per heavy atom. The first-order chi connectivity index (χ1) is 6.45. The molecule has 13 heavy (non-hydrogen) atoms. The van der Waals surface area contributed by atoms with Crippen LogP contribution in [0.5, 0.6) is 0 Å². The monoisotopic (exact) mass is 179 g/mol. The first-order valence-corrected chi connectivity index (χ1v) is 4.79. The standard InChI is InChI=1S/C8H13N5/c1-2-9-3-6-4-10-8-11-5-12-13(8)7(1)6/h5-7,9H,1-4H2,(H,10,11,12). The fourth-order valence-electron chi connectivity index (χ4n) is 2.28. The van der Waals surface area contributed by atoms with Crippen LogP contribution in [0.4, 0.5) is 5.95 Å². The summed E-state index contributed by atoms with van der Waals surface area (Å²) in [4.78, 5) is 4.17. The quantitative estimate of drug-likeness (QED) is 0.582. The maximum absolute atomic E-state index is 4.26. The van der Waals surface area contributed by atoms with Crippen molar-refractivity contribution in [3.8, 4) is 0 Å². The van der Waals surface area contributed by atoms with Gasteiger partial charge < -0.3 is 10.6 Å². The SMILES string of the molecule is c1nc2n(n1)C1CCNCC1CN2. The largest absolute Gasteiger partial charge is 0.354 e. The Hall–Kier alpha value is -1.10. The fourth-order valence-corrected chi connectivity index (χ4v) is 2.28. The minimum absolute atomic E-state index is 0.556. The summed E-state index contributed by atoms with van der Waals surface area (Å²) in [6.07, 6.45) is 2.80. The minimum atomic E-state index is 0.556. The van der Waals surface area contributed by atoms with Crippen LogP contribution in [-0.4, -0.2) is 34.4 Å². The minimum Gasteiger partial charge on any atom is -0.354 e. The molecule has 0 bridgehead atoms. The van der Waals surface area contributed by atoms with Gasteiger partial charge >= 0.3 is 0 Å². The summed E-state index contributed by atoms with van der Waals surface area (Å²) in [6, 6.07) is 0.556. The number of hydrogen-bond acceptors (Lipinski definition) is 4. The van der Waals surface area contributed by atoms with Crippen LogP contribution in [0.3, 0.4) is 0 Å². The number of nitrogens with one attached hydrogen (secondary N) is 2. The van der Waals surface area contributed by atoms with Crippen LogP contribution in [0.25, 0.3) is 0 Å². The summed E-state index contributed by atoms with van der Waals surface area (Å²) in [5, 5.41) is 11.0. The van der Waals surface area contributed by atoms with E-state index in [9.17, 15) is 0 Å². The molecule has 2 atom stereocenters. The van der Waals surface area contributed by atoms with Gasteiger partial charge in [-0.2, -0.15) is 10.1 Å². The molecule has 5 heteroatoms. The summed E-state index contributed by atoms with van der Waals surface area (Å²) in [5.41, 5.74) is 0. The molecule has 0 spiro atoms. The molecule has 1 aromatic heterocycles. The van der Waals surface area contributed by atoms with Gasteiger partial charge in [-0.15, -0.1) is 0 Å². The molecular formula is C8H13N5. The predicted octanol–water partition coefficient (Wildman–Crippen LogP) is -0.146. The molecule has 3 rings (SSSR count). The van der Waals surface area contributed by atoms with E-state index in [-0.39, 0.29) is 0 Å². The highest BCUT2D eigenvalue weighted by Gasteiger charge is 2.32. The smallest absolute Gasteiger partial charge is 0.221 e. The van der Waals surface area contributed by atoms with E-state index >= 15 is 0 Å². The molecule has 1 saturated heterocycles. The highest BCUT2D eigenvalue weighted by atomic mass is 15.4. The third-order valence-corrected chi connectivity index (χ3v) is 2.98. The number of aromatic nitrogens is 3. The summed E-state index contributed by atoms with van der Waals surface area (Å²) >= 11 is 0. The van der Waals surface area contributed by atoms with E-state index in [1.54, 1.807) is 6.33 Å². The molecule has 1 aromatic rings. The Morgan fingerprint density at radius 2 is 2.46 bits per heavy atom. The normalized spacial score (nSPS) is 31.7. The van der Waals surface area contributed by atoms with Crippen LogP contribution in [-0.2, 0) is 0 Å². The molecule has 0 aromatic carbocycles. The molecule has 5 nitrogen and oxygen atoms in total. The van der Waals surface area contributed by atoms with E-state index in [0.29, 0.717) is 12.0 Å². The van der Waals surface area contributed by atoms with Crippen molar-refractivity contribution < 1.29 is 0 Å². The lowest BCUT2D eigenvalue weighted by Gasteiger charge is -2.36. The topological polar surface area (TPSA) is 54.8 Å². The maximum Gasteiger partial charge on any atom is 0.221 e. The van der Waals surface area contributed by atoms with E-state index in [4.69, 9.17) is 0 Å². The lowest BCUT2D eigenvalue weighted by Crippen LogP contribution is -2.44. The zero-order valence-electron chi connectivity index (χ0n) is 7.40. The lowest BCUT2D eigenvalue weighted by atomic mass is 9.92. The number of anilines is 1. The summed E-state index contributed by atoms with van der Waals surface area (Å²) in [5.74, 6) is 1.60. The van der Waals surface area contributed by atoms with E-state index in [2.05, 4.69) is 20.7 Å². The van der Waals surface area contributed by atoms with E-state index in [0.717, 1.165) is 25.6 Å². The second-order valence-corrected chi connectivity index (χ2v) is 3.73. The van der Waals surface area contributed by atoms with Gasteiger partial charge in [-0.3, -0.25) is 0 Å². The zero-order valence-corrected chi connectivity index (χ0v) is 7.40. The van der Waals surface area contributed by atoms with E-state index < -0.39 is 0 Å². The first kappa shape index (κ1) is 7.32. The van der Waals surface area contributed by atoms with E-state index in [1.165, 1.54) is 6.42 Å². The molecule has 0 saturated carbocycles. The number of piperidine rings is 1. The molecule has 1 fully saturated rings. The third-order valence-electron chi connectivity index (χ3n) is 2.98. The van der Waals surface area contributed by atoms with Gasteiger partial charge in [0.1, 0.15) is 6.33 Å². The molecule has 2 aliphatic rings. The van der Waals surface area contributed by atoms with Crippen molar-refractivity contribution in [3.05, 3.63) is 6.33 Å². The zero-order chi connectivity index (χ0) is 8.67. The fraction of sp³-hybridized carbons (Fsp3) is 0.750. The van der Waals surface area contributed by atoms with Crippen molar-refractivity contribution in [1.29, 1.82) is 0 Å². The third kappa shape index (κ3) is 1.03. The van der Waals surface area contributed by atoms with Gasteiger partial charge in [-0.05, 0) is 13.0 Å². The van der Waals surface area contributed by atoms with Crippen molar-refractivity contribution in [2.75, 3.05) is 25.0 Å². The number of fused-ring (bicyclic) bond motifs is 3. The summed E-state index contributed by atoms with van der Waals surface area (Å²) < 4.78 is 2.04. The Kier molecular flexibility index (Phi) is 1.52. The van der Waals surface area contributed by atoms with E-state index in [1.807, 2.05) is 4.68 Å². The Bertz CT molecular complexity index is 307. The van der Waals surface area contributed by atoms with Crippen molar-refractivity contribution >= 4 is 5.95 Å². The molecule has 2 unspecified atom stereocenters. The van der Waals surface area contributed by atoms with Gasteiger partial charge in [0.25, 0.3) is 0 Å². The van der Waals surface area contributed by atoms with Crippen LogP contribution < -0.4 is 10.6 Å². The van der Waals surface area contributed by atoms with Crippen molar-refractivity contribution in [2.45, 2.75) is 12.5 Å². The highest BCUT2D eigenvalue weighted by molar-refractivity contribution is 5.27. The van der Waals surface area contributed by atoms with Crippen molar-refractivity contribution in [1.82, 2.24) is 20.1 Å². The molecule has 2 N–H and O–H groups in total. The Morgan fingerprint density at radius 1 is 1.46 bits per heavy atom. The average molecular weight is 179 g/mol. The lowest BCUT2D eigenvalue weighted by molar-refractivity contribution is 0.237. The molecular weight excluding hydrogens is 166 g/mol. The summed E-state index contributed by atoms with van der Waals surface area (Å²) in [7, 11) is 0. The molecule has 2 aliphatic heterocycles. The van der Waals surface area contributed by atoms with Gasteiger partial charge in [0.2, 0.25) is 5.95 Å². The van der Waals surface area contributed by atoms with Crippen LogP contribution >= 0.6 is 0 Å². The second-order valence-electron chi connectivity index (χ2n) is 3.73. The molecule has 70 valence electrons. The Balaban J connectivity index is 1.97. The number of rotatable bonds is 0. The molecule has 0 aliphatic carbocycles. The van der Waals surface area contributed by atoms with Gasteiger partial charge in [0.05, 0.1) is 6.04 Å². The molecule has 0 amide bonds. The van der Waals surface area contributed by atoms with Crippen LogP contribution in [0.15, 0.2) is 6.33 Å². The van der Waals surface area contributed by atoms with Gasteiger partial charge in [-0.25, -0.2) is 4.68 Å². The van der Waals surface area contributed by atoms with Crippen LogP contribution in [0, 0.1) is 5.92 Å². The number of hydrogen-bond donors (Lipinski definition) is 2. The van der Waals surface area contributed by atoms with Gasteiger partial charge in [0.15, 0.2) is 0 Å². The average Bonchev–Trinajstić information content (AvgIpc) is 2.65. The highest BCUT2D eigenvalue weighted by Crippen LogP contribution is 2.29. The first-order valence-electron chi connectivity index (χ1n) is 4.79. The maximum atomic E-state index is 4.26. The number of nitrogens with zero attached hydrogens (tertiary/aromatic N) is 3. The second kappa shape index (κ2) is 2.70. The van der Waals surface area contributed by atoms with Crippen LogP contribution in [0.2, 0.25) is 0 Å². The van der Waals surface area contributed by atoms with Crippen molar-refractivity contribution in [2.24, 2.45) is 5.92 Å². The molecule has 0 radical (unpaired) electrons. The predicted molar refractivity (Wildman–Crippen MR) is 48.5 cm³/mol. The van der Waals surface area contributed by atoms with Crippen molar-refractivity contribution in [3.63, 3.8) is 0 Å².